The van der Waals surface area contributed by atoms with Gasteiger partial charge in [-0.1, -0.05) is 24.3 Å². The molecule has 2 N–H and O–H groups in total. The molecule has 76 valence electrons. The minimum absolute atomic E-state index is 0.0192. The third kappa shape index (κ3) is 1.35. The standard InChI is InChI=1S/C12H17NO/c1-13-12(8-9-14)7-6-10-4-2-3-5-11(10)12/h2-5,13-14H,6-9H2,1H3. The third-order valence-electron chi connectivity index (χ3n) is 3.37. The smallest absolute Gasteiger partial charge is 0.0460 e. The number of hydrogen-bond acceptors (Lipinski definition) is 2. The fraction of sp³-hybridized carbons (Fsp3) is 0.500. The van der Waals surface area contributed by atoms with Gasteiger partial charge < -0.3 is 10.4 Å². The number of benzene rings is 1. The molecule has 2 heteroatoms. The minimum atomic E-state index is 0.0192. The van der Waals surface area contributed by atoms with Crippen molar-refractivity contribution < 1.29 is 5.11 Å². The number of aliphatic hydroxyl groups excluding tert-OH is 1. The Kier molecular flexibility index (Phi) is 2.57. The number of rotatable bonds is 3. The fourth-order valence-corrected chi connectivity index (χ4v) is 2.52. The highest BCUT2D eigenvalue weighted by atomic mass is 16.3. The molecule has 1 unspecified atom stereocenters. The molecule has 2 rings (SSSR count). The maximum absolute atomic E-state index is 9.11. The first-order valence-electron chi connectivity index (χ1n) is 5.20. The second-order valence-corrected chi connectivity index (χ2v) is 3.96. The van der Waals surface area contributed by atoms with Gasteiger partial charge in [-0.05, 0) is 37.4 Å². The minimum Gasteiger partial charge on any atom is -0.396 e. The van der Waals surface area contributed by atoms with Gasteiger partial charge in [0.05, 0.1) is 0 Å². The van der Waals surface area contributed by atoms with Crippen LogP contribution in [0.1, 0.15) is 24.0 Å². The number of fused-ring (bicyclic) bond motifs is 1. The molecular weight excluding hydrogens is 174 g/mol. The van der Waals surface area contributed by atoms with Gasteiger partial charge in [0.15, 0.2) is 0 Å². The lowest BCUT2D eigenvalue weighted by atomic mass is 9.89. The van der Waals surface area contributed by atoms with Crippen molar-refractivity contribution in [3.05, 3.63) is 35.4 Å². The van der Waals surface area contributed by atoms with E-state index in [2.05, 4.69) is 29.6 Å². The van der Waals surface area contributed by atoms with Crippen molar-refractivity contribution in [1.82, 2.24) is 5.32 Å². The Bertz CT molecular complexity index is 320. The second kappa shape index (κ2) is 3.71. The molecule has 2 nitrogen and oxygen atoms in total. The molecule has 0 aromatic heterocycles. The van der Waals surface area contributed by atoms with Crippen LogP contribution in [0.15, 0.2) is 24.3 Å². The SMILES string of the molecule is CNC1(CCO)CCc2ccccc21. The van der Waals surface area contributed by atoms with Crippen LogP contribution in [0.25, 0.3) is 0 Å². The van der Waals surface area contributed by atoms with Crippen LogP contribution in [-0.4, -0.2) is 18.8 Å². The van der Waals surface area contributed by atoms with E-state index in [1.54, 1.807) is 0 Å². The quantitative estimate of drug-likeness (QED) is 0.757. The Morgan fingerprint density at radius 2 is 2.21 bits per heavy atom. The lowest BCUT2D eigenvalue weighted by Gasteiger charge is -2.29. The predicted molar refractivity (Wildman–Crippen MR) is 57.2 cm³/mol. The van der Waals surface area contributed by atoms with Crippen LogP contribution in [0.4, 0.5) is 0 Å². The summed E-state index contributed by atoms with van der Waals surface area (Å²) in [5.74, 6) is 0. The number of aryl methyl sites for hydroxylation is 1. The predicted octanol–water partition coefficient (Wildman–Crippen LogP) is 1.43. The summed E-state index contributed by atoms with van der Waals surface area (Å²) in [7, 11) is 1.98. The van der Waals surface area contributed by atoms with Gasteiger partial charge in [0.2, 0.25) is 0 Å². The van der Waals surface area contributed by atoms with Crippen molar-refractivity contribution in [3.63, 3.8) is 0 Å². The van der Waals surface area contributed by atoms with Gasteiger partial charge in [0.25, 0.3) is 0 Å². The van der Waals surface area contributed by atoms with E-state index < -0.39 is 0 Å². The molecule has 0 bridgehead atoms. The molecule has 0 spiro atoms. The van der Waals surface area contributed by atoms with E-state index in [4.69, 9.17) is 5.11 Å². The van der Waals surface area contributed by atoms with Gasteiger partial charge in [0, 0.05) is 12.1 Å². The second-order valence-electron chi connectivity index (χ2n) is 3.96. The van der Waals surface area contributed by atoms with Crippen LogP contribution in [0.5, 0.6) is 0 Å². The summed E-state index contributed by atoms with van der Waals surface area (Å²) in [6.07, 6.45) is 3.03. The van der Waals surface area contributed by atoms with E-state index in [9.17, 15) is 0 Å². The van der Waals surface area contributed by atoms with E-state index >= 15 is 0 Å². The lowest BCUT2D eigenvalue weighted by Crippen LogP contribution is -2.38. The highest BCUT2D eigenvalue weighted by Crippen LogP contribution is 2.38. The van der Waals surface area contributed by atoms with Crippen molar-refractivity contribution in [2.45, 2.75) is 24.8 Å². The maximum Gasteiger partial charge on any atom is 0.0460 e. The average molecular weight is 191 g/mol. The normalized spacial score (nSPS) is 25.0. The van der Waals surface area contributed by atoms with Crippen LogP contribution in [0.3, 0.4) is 0 Å². The number of aliphatic hydroxyl groups is 1. The summed E-state index contributed by atoms with van der Waals surface area (Å²) in [5.41, 5.74) is 2.82. The van der Waals surface area contributed by atoms with Gasteiger partial charge in [-0.15, -0.1) is 0 Å². The zero-order chi connectivity index (χ0) is 10.0. The molecule has 1 aliphatic rings. The van der Waals surface area contributed by atoms with Gasteiger partial charge in [-0.25, -0.2) is 0 Å². The van der Waals surface area contributed by atoms with Crippen molar-refractivity contribution >= 4 is 0 Å². The summed E-state index contributed by atoms with van der Waals surface area (Å²) in [6, 6.07) is 8.53. The van der Waals surface area contributed by atoms with Gasteiger partial charge in [-0.2, -0.15) is 0 Å². The molecule has 0 amide bonds. The van der Waals surface area contributed by atoms with Crippen LogP contribution in [0.2, 0.25) is 0 Å². The van der Waals surface area contributed by atoms with E-state index in [-0.39, 0.29) is 12.1 Å². The average Bonchev–Trinajstić information content (AvgIpc) is 2.59. The van der Waals surface area contributed by atoms with Crippen LogP contribution >= 0.6 is 0 Å². The van der Waals surface area contributed by atoms with Crippen LogP contribution in [0, 0.1) is 0 Å². The molecule has 0 saturated heterocycles. The van der Waals surface area contributed by atoms with Crippen molar-refractivity contribution in [3.8, 4) is 0 Å². The zero-order valence-corrected chi connectivity index (χ0v) is 8.59. The van der Waals surface area contributed by atoms with Crippen molar-refractivity contribution in [1.29, 1.82) is 0 Å². The summed E-state index contributed by atoms with van der Waals surface area (Å²) in [6.45, 7) is 0.245. The van der Waals surface area contributed by atoms with Crippen LogP contribution < -0.4 is 5.32 Å². The number of hydrogen-bond donors (Lipinski definition) is 2. The molecular formula is C12H17NO. The maximum atomic E-state index is 9.11. The molecule has 0 fully saturated rings. The molecule has 14 heavy (non-hydrogen) atoms. The summed E-state index contributed by atoms with van der Waals surface area (Å²) < 4.78 is 0. The first-order chi connectivity index (χ1) is 6.82. The zero-order valence-electron chi connectivity index (χ0n) is 8.59. The molecule has 0 aliphatic heterocycles. The van der Waals surface area contributed by atoms with E-state index in [1.165, 1.54) is 11.1 Å². The molecule has 1 atom stereocenters. The fourth-order valence-electron chi connectivity index (χ4n) is 2.52. The molecule has 1 aliphatic carbocycles. The molecule has 1 aromatic rings. The highest BCUT2D eigenvalue weighted by molar-refractivity contribution is 5.38. The Hall–Kier alpha value is -0.860. The van der Waals surface area contributed by atoms with E-state index in [0.29, 0.717) is 0 Å². The molecule has 0 saturated carbocycles. The van der Waals surface area contributed by atoms with Crippen molar-refractivity contribution in [2.75, 3.05) is 13.7 Å². The Balaban J connectivity index is 2.39. The van der Waals surface area contributed by atoms with Gasteiger partial charge in [0.1, 0.15) is 0 Å². The molecule has 0 radical (unpaired) electrons. The third-order valence-corrected chi connectivity index (χ3v) is 3.37. The van der Waals surface area contributed by atoms with E-state index in [1.807, 2.05) is 7.05 Å². The molecule has 1 aromatic carbocycles. The Morgan fingerprint density at radius 1 is 1.43 bits per heavy atom. The Morgan fingerprint density at radius 3 is 2.93 bits per heavy atom. The van der Waals surface area contributed by atoms with Gasteiger partial charge >= 0.3 is 0 Å². The van der Waals surface area contributed by atoms with Gasteiger partial charge in [-0.3, -0.25) is 0 Å². The molecule has 0 heterocycles. The van der Waals surface area contributed by atoms with Crippen molar-refractivity contribution in [2.24, 2.45) is 0 Å². The first kappa shape index (κ1) is 9.69. The van der Waals surface area contributed by atoms with Crippen LogP contribution in [-0.2, 0) is 12.0 Å². The topological polar surface area (TPSA) is 32.3 Å². The highest BCUT2D eigenvalue weighted by Gasteiger charge is 2.36. The van der Waals surface area contributed by atoms with E-state index in [0.717, 1.165) is 19.3 Å². The number of nitrogens with one attached hydrogen (secondary N) is 1. The summed E-state index contributed by atoms with van der Waals surface area (Å²) >= 11 is 0. The summed E-state index contributed by atoms with van der Waals surface area (Å²) in [4.78, 5) is 0. The first-order valence-corrected chi connectivity index (χ1v) is 5.20. The Labute approximate surface area is 85.0 Å². The lowest BCUT2D eigenvalue weighted by molar-refractivity contribution is 0.216. The monoisotopic (exact) mass is 191 g/mol. The summed E-state index contributed by atoms with van der Waals surface area (Å²) in [5, 5.41) is 12.5. The largest absolute Gasteiger partial charge is 0.396 e.